The van der Waals surface area contributed by atoms with E-state index in [2.05, 4.69) is 52.0 Å². The van der Waals surface area contributed by atoms with Gasteiger partial charge in [-0.2, -0.15) is 0 Å². The molecule has 0 aliphatic carbocycles. The molecule has 0 amide bonds. The highest BCUT2D eigenvalue weighted by atomic mass is 127. The molecule has 0 aliphatic heterocycles. The monoisotopic (exact) mass is 252 g/mol. The molecule has 4 nitrogen and oxygen atoms in total. The number of aryl methyl sites for hydroxylation is 1. The van der Waals surface area contributed by atoms with Crippen LogP contribution >= 0.6 is 22.6 Å². The predicted octanol–water partition coefficient (Wildman–Crippen LogP) is 0.880. The van der Waals surface area contributed by atoms with Gasteiger partial charge in [0, 0.05) is 7.05 Å². The molecule has 0 saturated carbocycles. The van der Waals surface area contributed by atoms with Gasteiger partial charge in [0.1, 0.15) is 0 Å². The summed E-state index contributed by atoms with van der Waals surface area (Å²) in [5, 5.41) is 11.2. The van der Waals surface area contributed by atoms with Crippen LogP contribution in [0.4, 0.5) is 0 Å². The summed E-state index contributed by atoms with van der Waals surface area (Å²) in [7, 11) is 1.84. The van der Waals surface area contributed by atoms with Crippen LogP contribution in [-0.4, -0.2) is 20.2 Å². The third kappa shape index (κ3) is 1.44. The van der Waals surface area contributed by atoms with Gasteiger partial charge in [-0.25, -0.2) is 4.68 Å². The van der Waals surface area contributed by atoms with Gasteiger partial charge in [0.2, 0.25) is 0 Å². The highest BCUT2D eigenvalue weighted by Gasteiger charge is 2.21. The van der Waals surface area contributed by atoms with E-state index in [9.17, 15) is 0 Å². The smallest absolute Gasteiger partial charge is 0.166 e. The van der Waals surface area contributed by atoms with Crippen molar-refractivity contribution < 1.29 is 0 Å². The van der Waals surface area contributed by atoms with Gasteiger partial charge in [-0.1, -0.05) is 22.6 Å². The molecule has 1 heterocycles. The second kappa shape index (κ2) is 2.44. The van der Waals surface area contributed by atoms with Gasteiger partial charge in [-0.15, -0.1) is 5.10 Å². The van der Waals surface area contributed by atoms with Crippen LogP contribution in [-0.2, 0) is 10.5 Å². The molecule has 1 rings (SSSR count). The molecule has 0 aliphatic rings. The fourth-order valence-corrected chi connectivity index (χ4v) is 1.19. The van der Waals surface area contributed by atoms with Gasteiger partial charge >= 0.3 is 0 Å². The van der Waals surface area contributed by atoms with E-state index in [1.807, 2.05) is 7.05 Å². The number of alkyl halides is 1. The summed E-state index contributed by atoms with van der Waals surface area (Å²) in [5.74, 6) is 0.896. The van der Waals surface area contributed by atoms with E-state index in [1.165, 1.54) is 0 Å². The van der Waals surface area contributed by atoms with Crippen molar-refractivity contribution in [1.82, 2.24) is 20.2 Å². The molecule has 1 aromatic heterocycles. The third-order valence-corrected chi connectivity index (χ3v) is 1.63. The van der Waals surface area contributed by atoms with Gasteiger partial charge in [0.05, 0.1) is 3.42 Å². The summed E-state index contributed by atoms with van der Waals surface area (Å²) in [4.78, 5) is 0. The first-order valence-electron chi connectivity index (χ1n) is 2.93. The van der Waals surface area contributed by atoms with Crippen molar-refractivity contribution in [2.75, 3.05) is 0 Å². The minimum absolute atomic E-state index is 0.00993. The third-order valence-electron chi connectivity index (χ3n) is 1.15. The maximum absolute atomic E-state index is 3.88. The van der Waals surface area contributed by atoms with Crippen LogP contribution in [0, 0.1) is 0 Å². The molecule has 5 heteroatoms. The topological polar surface area (TPSA) is 43.6 Å². The lowest BCUT2D eigenvalue weighted by Crippen LogP contribution is -2.14. The number of aromatic nitrogens is 4. The Morgan fingerprint density at radius 3 is 2.30 bits per heavy atom. The molecule has 1 aromatic rings. The van der Waals surface area contributed by atoms with Crippen LogP contribution in [0.15, 0.2) is 0 Å². The van der Waals surface area contributed by atoms with Crippen LogP contribution in [0.25, 0.3) is 0 Å². The van der Waals surface area contributed by atoms with E-state index in [-0.39, 0.29) is 3.42 Å². The molecule has 0 bridgehead atoms. The summed E-state index contributed by atoms with van der Waals surface area (Å²) in [6.07, 6.45) is 0. The second-order valence-electron chi connectivity index (χ2n) is 2.60. The van der Waals surface area contributed by atoms with E-state index in [1.54, 1.807) is 4.68 Å². The molecule has 56 valence electrons. The van der Waals surface area contributed by atoms with Crippen LogP contribution in [0.3, 0.4) is 0 Å². The van der Waals surface area contributed by atoms with Crippen molar-refractivity contribution in [1.29, 1.82) is 0 Å². The van der Waals surface area contributed by atoms with Crippen LogP contribution < -0.4 is 0 Å². The Labute approximate surface area is 73.1 Å². The molecular formula is C5H9IN4. The molecule has 0 atom stereocenters. The summed E-state index contributed by atoms with van der Waals surface area (Å²) >= 11 is 2.30. The summed E-state index contributed by atoms with van der Waals surface area (Å²) in [6.45, 7) is 4.14. The highest BCUT2D eigenvalue weighted by Crippen LogP contribution is 2.27. The van der Waals surface area contributed by atoms with E-state index in [0.29, 0.717) is 0 Å². The second-order valence-corrected chi connectivity index (χ2v) is 5.30. The van der Waals surface area contributed by atoms with E-state index < -0.39 is 0 Å². The summed E-state index contributed by atoms with van der Waals surface area (Å²) < 4.78 is 1.70. The van der Waals surface area contributed by atoms with Gasteiger partial charge < -0.3 is 0 Å². The molecular weight excluding hydrogens is 243 g/mol. The van der Waals surface area contributed by atoms with Crippen LogP contribution in [0.1, 0.15) is 19.7 Å². The number of nitrogens with zero attached hydrogens (tertiary/aromatic N) is 4. The average molecular weight is 252 g/mol. The number of hydrogen-bond donors (Lipinski definition) is 0. The summed E-state index contributed by atoms with van der Waals surface area (Å²) in [6, 6.07) is 0. The minimum atomic E-state index is 0.00993. The zero-order chi connectivity index (χ0) is 7.78. The Morgan fingerprint density at radius 1 is 1.50 bits per heavy atom. The fraction of sp³-hybridized carbons (Fsp3) is 0.800. The average Bonchev–Trinajstić information content (AvgIpc) is 2.11. The van der Waals surface area contributed by atoms with Crippen molar-refractivity contribution in [3.05, 3.63) is 5.82 Å². The van der Waals surface area contributed by atoms with Gasteiger partial charge in [-0.05, 0) is 24.3 Å². The molecule has 10 heavy (non-hydrogen) atoms. The van der Waals surface area contributed by atoms with Gasteiger partial charge in [0.15, 0.2) is 5.82 Å². The SMILES string of the molecule is Cn1nnnc1C(C)(C)I. The largest absolute Gasteiger partial charge is 0.231 e. The van der Waals surface area contributed by atoms with Crippen molar-refractivity contribution >= 4 is 22.6 Å². The molecule has 0 spiro atoms. The van der Waals surface area contributed by atoms with Gasteiger partial charge in [0.25, 0.3) is 0 Å². The molecule has 0 saturated heterocycles. The van der Waals surface area contributed by atoms with Crippen molar-refractivity contribution in [3.8, 4) is 0 Å². The minimum Gasteiger partial charge on any atom is -0.231 e. The zero-order valence-corrected chi connectivity index (χ0v) is 8.32. The summed E-state index contributed by atoms with van der Waals surface area (Å²) in [5.41, 5.74) is 0. The standard InChI is InChI=1S/C5H9IN4/c1-5(2,6)4-7-8-9-10(4)3/h1-3H3. The number of rotatable bonds is 1. The molecule has 0 N–H and O–H groups in total. The first kappa shape index (κ1) is 7.90. The maximum Gasteiger partial charge on any atom is 0.166 e. The lowest BCUT2D eigenvalue weighted by Gasteiger charge is -2.12. The van der Waals surface area contributed by atoms with Crippen molar-refractivity contribution in [2.45, 2.75) is 17.3 Å². The van der Waals surface area contributed by atoms with Crippen molar-refractivity contribution in [3.63, 3.8) is 0 Å². The number of tetrazole rings is 1. The van der Waals surface area contributed by atoms with Gasteiger partial charge in [-0.3, -0.25) is 0 Å². The zero-order valence-electron chi connectivity index (χ0n) is 6.17. The molecule has 0 radical (unpaired) electrons. The molecule has 0 aromatic carbocycles. The fourth-order valence-electron chi connectivity index (χ4n) is 0.733. The van der Waals surface area contributed by atoms with Crippen LogP contribution in [0.5, 0.6) is 0 Å². The quantitative estimate of drug-likeness (QED) is 0.550. The Balaban J connectivity index is 3.05. The Hall–Kier alpha value is -0.200. The number of halogens is 1. The highest BCUT2D eigenvalue weighted by molar-refractivity contribution is 14.1. The predicted molar refractivity (Wildman–Crippen MR) is 45.8 cm³/mol. The number of hydrogen-bond acceptors (Lipinski definition) is 3. The molecule has 0 fully saturated rings. The van der Waals surface area contributed by atoms with Crippen molar-refractivity contribution in [2.24, 2.45) is 7.05 Å². The van der Waals surface area contributed by atoms with E-state index in [4.69, 9.17) is 0 Å². The van der Waals surface area contributed by atoms with E-state index in [0.717, 1.165) is 5.82 Å². The first-order valence-corrected chi connectivity index (χ1v) is 4.01. The lowest BCUT2D eigenvalue weighted by atomic mass is 10.2. The Bertz CT molecular complexity index is 224. The lowest BCUT2D eigenvalue weighted by molar-refractivity contribution is 0.632. The first-order chi connectivity index (χ1) is 4.52. The maximum atomic E-state index is 3.88. The van der Waals surface area contributed by atoms with E-state index >= 15 is 0 Å². The molecule has 0 unspecified atom stereocenters. The Morgan fingerprint density at radius 2 is 2.10 bits per heavy atom. The Kier molecular flexibility index (Phi) is 1.93. The van der Waals surface area contributed by atoms with Crippen LogP contribution in [0.2, 0.25) is 0 Å². The normalized spacial score (nSPS) is 12.0.